The number of hydrogen-bond acceptors (Lipinski definition) is 5. The van der Waals surface area contributed by atoms with Crippen LogP contribution in [-0.2, 0) is 0 Å². The molecule has 8 aromatic carbocycles. The first-order chi connectivity index (χ1) is 30.7. The van der Waals surface area contributed by atoms with E-state index < -0.39 is 0 Å². The van der Waals surface area contributed by atoms with Gasteiger partial charge in [0.2, 0.25) is 0 Å². The van der Waals surface area contributed by atoms with Gasteiger partial charge in [-0.05, 0) is 69.3 Å². The molecular formula is C57H38N4O. The van der Waals surface area contributed by atoms with E-state index in [-0.39, 0.29) is 12.0 Å². The summed E-state index contributed by atoms with van der Waals surface area (Å²) in [5.41, 5.74) is 15.5. The summed E-state index contributed by atoms with van der Waals surface area (Å²) in [5.74, 6) is 2.81. The normalized spacial score (nSPS) is 15.0. The number of rotatable bonds is 7. The number of fused-ring (bicyclic) bond motifs is 7. The number of para-hydroxylation sites is 1. The van der Waals surface area contributed by atoms with E-state index in [1.54, 1.807) is 0 Å². The van der Waals surface area contributed by atoms with Crippen LogP contribution in [0.5, 0.6) is 0 Å². The highest BCUT2D eigenvalue weighted by molar-refractivity contribution is 5.92. The average Bonchev–Trinajstić information content (AvgIpc) is 3.90. The predicted molar refractivity (Wildman–Crippen MR) is 252 cm³/mol. The molecule has 0 bridgehead atoms. The molecular weight excluding hydrogens is 757 g/mol. The van der Waals surface area contributed by atoms with Gasteiger partial charge in [-0.3, -0.25) is 0 Å². The predicted octanol–water partition coefficient (Wildman–Crippen LogP) is 14.3. The van der Waals surface area contributed by atoms with E-state index in [1.807, 2.05) is 36.4 Å². The van der Waals surface area contributed by atoms with Crippen molar-refractivity contribution in [1.29, 1.82) is 0 Å². The Hall–Kier alpha value is -8.15. The molecule has 0 saturated heterocycles. The number of hydrogen-bond donors (Lipinski definition) is 0. The third-order valence-electron chi connectivity index (χ3n) is 12.3. The van der Waals surface area contributed by atoms with Crippen molar-refractivity contribution in [3.05, 3.63) is 229 Å². The first kappa shape index (κ1) is 35.8. The van der Waals surface area contributed by atoms with Gasteiger partial charge in [-0.25, -0.2) is 15.0 Å². The molecule has 0 amide bonds. The Morgan fingerprint density at radius 2 is 0.887 bits per heavy atom. The van der Waals surface area contributed by atoms with Crippen LogP contribution in [0.15, 0.2) is 217 Å². The van der Waals surface area contributed by atoms with E-state index in [9.17, 15) is 0 Å². The van der Waals surface area contributed by atoms with E-state index in [4.69, 9.17) is 19.4 Å². The van der Waals surface area contributed by atoms with Crippen molar-refractivity contribution in [2.24, 2.45) is 0 Å². The van der Waals surface area contributed by atoms with Crippen molar-refractivity contribution >= 4 is 28.4 Å². The van der Waals surface area contributed by atoms with E-state index in [2.05, 4.69) is 187 Å². The molecule has 62 heavy (non-hydrogen) atoms. The highest BCUT2D eigenvalue weighted by Gasteiger charge is 2.43. The zero-order chi connectivity index (χ0) is 41.0. The van der Waals surface area contributed by atoms with Crippen LogP contribution < -0.4 is 4.90 Å². The summed E-state index contributed by atoms with van der Waals surface area (Å²) in [6.07, 6.45) is 4.47. The fraction of sp³-hybridized carbons (Fsp3) is 0.0351. The maximum Gasteiger partial charge on any atom is 0.164 e. The maximum absolute atomic E-state index is 6.74. The second kappa shape index (κ2) is 14.8. The molecule has 2 unspecified atom stereocenters. The summed E-state index contributed by atoms with van der Waals surface area (Å²) in [7, 11) is 0. The molecule has 3 heterocycles. The molecule has 5 nitrogen and oxygen atoms in total. The van der Waals surface area contributed by atoms with Gasteiger partial charge in [0.25, 0.3) is 0 Å². The fourth-order valence-corrected chi connectivity index (χ4v) is 9.32. The number of furan rings is 1. The third-order valence-corrected chi connectivity index (χ3v) is 12.3. The molecule has 10 aromatic rings. The lowest BCUT2D eigenvalue weighted by Crippen LogP contribution is -2.30. The van der Waals surface area contributed by atoms with Crippen molar-refractivity contribution in [3.8, 4) is 67.5 Å². The molecule has 0 fully saturated rings. The van der Waals surface area contributed by atoms with Gasteiger partial charge >= 0.3 is 0 Å². The van der Waals surface area contributed by atoms with Crippen LogP contribution in [0.3, 0.4) is 0 Å². The molecule has 2 aromatic heterocycles. The molecule has 1 aliphatic carbocycles. The van der Waals surface area contributed by atoms with Gasteiger partial charge in [0.1, 0.15) is 11.3 Å². The zero-order valence-electron chi connectivity index (χ0n) is 33.6. The van der Waals surface area contributed by atoms with Crippen molar-refractivity contribution < 1.29 is 4.42 Å². The van der Waals surface area contributed by atoms with Gasteiger partial charge in [0.05, 0.1) is 6.04 Å². The summed E-state index contributed by atoms with van der Waals surface area (Å²) in [4.78, 5) is 17.6. The Morgan fingerprint density at radius 3 is 1.53 bits per heavy atom. The Bertz CT molecular complexity index is 3290. The highest BCUT2D eigenvalue weighted by atomic mass is 16.3. The van der Waals surface area contributed by atoms with Crippen molar-refractivity contribution in [2.75, 3.05) is 4.90 Å². The van der Waals surface area contributed by atoms with Crippen LogP contribution in [0.4, 0.5) is 11.4 Å². The summed E-state index contributed by atoms with van der Waals surface area (Å²) in [6.45, 7) is 0. The Morgan fingerprint density at radius 1 is 0.403 bits per heavy atom. The molecule has 2 aliphatic rings. The second-order valence-corrected chi connectivity index (χ2v) is 16.0. The first-order valence-electron chi connectivity index (χ1n) is 21.1. The Kier molecular flexibility index (Phi) is 8.56. The minimum atomic E-state index is 0.0730. The molecule has 1 aliphatic heterocycles. The molecule has 0 saturated carbocycles. The van der Waals surface area contributed by atoms with Crippen LogP contribution >= 0.6 is 0 Å². The van der Waals surface area contributed by atoms with Gasteiger partial charge in [-0.15, -0.1) is 0 Å². The molecule has 0 radical (unpaired) electrons. The smallest absolute Gasteiger partial charge is 0.164 e. The standard InChI is InChI=1S/C57H38N4O/c1-4-13-37(14-5-1)39-23-25-41(26-24-39)44-19-12-20-46(35-44)61-49-22-11-10-21-47(49)53-50(61)33-34-51-54(53)48-32-31-45(36-52(48)62-51)57-59-55(42-17-8-3-9-18-42)58-56(60-57)43-29-27-40(28-30-43)38-15-6-2-7-16-38/h1-36,50,53H. The Labute approximate surface area is 360 Å². The molecule has 0 N–H and O–H groups in total. The maximum atomic E-state index is 6.74. The summed E-state index contributed by atoms with van der Waals surface area (Å²) < 4.78 is 6.74. The molecule has 5 heteroatoms. The van der Waals surface area contributed by atoms with Gasteiger partial charge < -0.3 is 9.32 Å². The molecule has 12 rings (SSSR count). The van der Waals surface area contributed by atoms with Crippen molar-refractivity contribution in [2.45, 2.75) is 12.0 Å². The molecule has 292 valence electrons. The topological polar surface area (TPSA) is 55.1 Å². The van der Waals surface area contributed by atoms with Gasteiger partial charge in [0, 0.05) is 44.9 Å². The minimum Gasteiger partial charge on any atom is -0.456 e. The quantitative estimate of drug-likeness (QED) is 0.161. The molecule has 2 atom stereocenters. The van der Waals surface area contributed by atoms with Gasteiger partial charge in [0.15, 0.2) is 17.5 Å². The highest BCUT2D eigenvalue weighted by Crippen LogP contribution is 2.54. The number of aromatic nitrogens is 3. The first-order valence-corrected chi connectivity index (χ1v) is 21.1. The monoisotopic (exact) mass is 794 g/mol. The van der Waals surface area contributed by atoms with Crippen LogP contribution in [0.1, 0.15) is 22.8 Å². The van der Waals surface area contributed by atoms with Crippen LogP contribution in [0.25, 0.3) is 84.6 Å². The summed E-state index contributed by atoms with van der Waals surface area (Å²) >= 11 is 0. The number of nitrogens with zero attached hydrogens (tertiary/aromatic N) is 4. The SMILES string of the molecule is C1=CC2C(c3ccccc3N2c2cccc(-c3ccc(-c4ccccc4)cc3)c2)c2c1oc1cc(-c3nc(-c4ccccc4)nc(-c4ccc(-c5ccccc5)cc4)n3)ccc21. The summed E-state index contributed by atoms with van der Waals surface area (Å²) in [6, 6.07) is 72.6. The van der Waals surface area contributed by atoms with Gasteiger partial charge in [-0.2, -0.15) is 0 Å². The largest absolute Gasteiger partial charge is 0.456 e. The third kappa shape index (κ3) is 6.22. The second-order valence-electron chi connectivity index (χ2n) is 16.0. The van der Waals surface area contributed by atoms with Crippen LogP contribution in [0.2, 0.25) is 0 Å². The lowest BCUT2D eigenvalue weighted by Gasteiger charge is -2.30. The van der Waals surface area contributed by atoms with E-state index in [1.165, 1.54) is 44.6 Å². The zero-order valence-corrected chi connectivity index (χ0v) is 33.6. The minimum absolute atomic E-state index is 0.0730. The number of anilines is 2. The number of benzene rings is 8. The molecule has 0 spiro atoms. The van der Waals surface area contributed by atoms with Gasteiger partial charge in [-0.1, -0.05) is 188 Å². The van der Waals surface area contributed by atoms with E-state index in [0.717, 1.165) is 44.7 Å². The van der Waals surface area contributed by atoms with E-state index in [0.29, 0.717) is 17.5 Å². The van der Waals surface area contributed by atoms with Crippen molar-refractivity contribution in [3.63, 3.8) is 0 Å². The summed E-state index contributed by atoms with van der Waals surface area (Å²) in [5, 5.41) is 1.10. The Balaban J connectivity index is 0.902. The van der Waals surface area contributed by atoms with Crippen molar-refractivity contribution in [1.82, 2.24) is 15.0 Å². The fourth-order valence-electron chi connectivity index (χ4n) is 9.32. The van der Waals surface area contributed by atoms with Crippen LogP contribution in [-0.4, -0.2) is 21.0 Å². The van der Waals surface area contributed by atoms with E-state index >= 15 is 0 Å². The van der Waals surface area contributed by atoms with Crippen LogP contribution in [0, 0.1) is 0 Å². The lowest BCUT2D eigenvalue weighted by molar-refractivity contribution is 0.584. The lowest BCUT2D eigenvalue weighted by atomic mass is 9.82. The average molecular weight is 795 g/mol.